The molecule has 2 rings (SSSR count). The topological polar surface area (TPSA) is 68.0 Å². The van der Waals surface area contributed by atoms with Crippen LogP contribution >= 0.6 is 12.2 Å². The van der Waals surface area contributed by atoms with Crippen molar-refractivity contribution in [1.29, 1.82) is 0 Å². The van der Waals surface area contributed by atoms with Crippen molar-refractivity contribution in [3.8, 4) is 0 Å². The number of nitrogens with one attached hydrogen (secondary N) is 1. The first-order chi connectivity index (χ1) is 9.58. The zero-order valence-electron chi connectivity index (χ0n) is 10.5. The molecule has 2 aromatic rings. The van der Waals surface area contributed by atoms with E-state index < -0.39 is 5.82 Å². The third kappa shape index (κ3) is 3.36. The van der Waals surface area contributed by atoms with Crippen LogP contribution in [-0.4, -0.2) is 15.9 Å². The van der Waals surface area contributed by atoms with Gasteiger partial charge in [0.1, 0.15) is 10.8 Å². The molecule has 0 aliphatic heterocycles. The zero-order chi connectivity index (χ0) is 14.5. The Morgan fingerprint density at radius 2 is 1.95 bits per heavy atom. The van der Waals surface area contributed by atoms with Crippen LogP contribution in [0.5, 0.6) is 0 Å². The van der Waals surface area contributed by atoms with Crippen LogP contribution in [-0.2, 0) is 6.54 Å². The summed E-state index contributed by atoms with van der Waals surface area (Å²) in [6, 6.07) is 7.61. The summed E-state index contributed by atoms with van der Waals surface area (Å²) in [5.41, 5.74) is 6.72. The molecule has 1 amide bonds. The second-order valence-corrected chi connectivity index (χ2v) is 4.53. The molecule has 1 aromatic carbocycles. The Hall–Kier alpha value is -2.34. The van der Waals surface area contributed by atoms with E-state index in [9.17, 15) is 9.18 Å². The summed E-state index contributed by atoms with van der Waals surface area (Å²) in [4.78, 5) is 15.8. The minimum Gasteiger partial charge on any atom is -0.389 e. The van der Waals surface area contributed by atoms with Crippen molar-refractivity contribution in [3.05, 3.63) is 65.2 Å². The molecule has 0 spiro atoms. The number of nitrogens with two attached hydrogens (primary N) is 1. The Balaban J connectivity index is 2.04. The number of thiocarbonyl (C=S) groups is 1. The molecular weight excluding hydrogens is 277 g/mol. The van der Waals surface area contributed by atoms with Crippen molar-refractivity contribution in [1.82, 2.24) is 10.3 Å². The highest BCUT2D eigenvalue weighted by Gasteiger charge is 2.08. The third-order valence-electron chi connectivity index (χ3n) is 2.72. The Kier molecular flexibility index (Phi) is 4.37. The van der Waals surface area contributed by atoms with Crippen LogP contribution in [0.4, 0.5) is 4.39 Å². The number of benzene rings is 1. The van der Waals surface area contributed by atoms with E-state index in [2.05, 4.69) is 10.3 Å². The van der Waals surface area contributed by atoms with Gasteiger partial charge in [-0.1, -0.05) is 24.4 Å². The third-order valence-corrected chi connectivity index (χ3v) is 2.96. The lowest BCUT2D eigenvalue weighted by atomic mass is 10.1. The summed E-state index contributed by atoms with van der Waals surface area (Å²) in [6.45, 7) is 0.0879. The molecule has 20 heavy (non-hydrogen) atoms. The first-order valence-electron chi connectivity index (χ1n) is 5.84. The summed E-state index contributed by atoms with van der Waals surface area (Å²) >= 11 is 4.77. The maximum atomic E-state index is 13.8. The normalized spacial score (nSPS) is 10.1. The van der Waals surface area contributed by atoms with E-state index in [1.165, 1.54) is 18.5 Å². The van der Waals surface area contributed by atoms with Crippen LogP contribution in [0, 0.1) is 5.82 Å². The lowest BCUT2D eigenvalue weighted by molar-refractivity contribution is 0.0950. The van der Waals surface area contributed by atoms with Gasteiger partial charge in [-0.2, -0.15) is 0 Å². The van der Waals surface area contributed by atoms with Crippen molar-refractivity contribution in [2.24, 2.45) is 5.73 Å². The van der Waals surface area contributed by atoms with Gasteiger partial charge in [-0.3, -0.25) is 9.78 Å². The summed E-state index contributed by atoms with van der Waals surface area (Å²) in [5, 5.41) is 2.63. The number of amides is 1. The van der Waals surface area contributed by atoms with Gasteiger partial charge >= 0.3 is 0 Å². The zero-order valence-corrected chi connectivity index (χ0v) is 11.3. The number of carbonyl (C=O) groups excluding carboxylic acids is 1. The lowest BCUT2D eigenvalue weighted by Crippen LogP contribution is -2.23. The molecule has 6 heteroatoms. The summed E-state index contributed by atoms with van der Waals surface area (Å²) in [5.74, 6) is -0.740. The number of pyridine rings is 1. The molecule has 0 atom stereocenters. The van der Waals surface area contributed by atoms with E-state index in [4.69, 9.17) is 18.0 Å². The standard InChI is InChI=1S/C14H12FN3OS/c15-12-7-10(13(16)20)1-2-11(12)8-18-14(19)9-3-5-17-6-4-9/h1-7H,8H2,(H2,16,20)(H,18,19). The predicted octanol–water partition coefficient (Wildman–Crippen LogP) is 1.78. The second-order valence-electron chi connectivity index (χ2n) is 4.09. The van der Waals surface area contributed by atoms with Crippen LogP contribution in [0.1, 0.15) is 21.5 Å². The summed E-state index contributed by atoms with van der Waals surface area (Å²) in [7, 11) is 0. The fourth-order valence-corrected chi connectivity index (χ4v) is 1.75. The van der Waals surface area contributed by atoms with Gasteiger partial charge in [0.15, 0.2) is 0 Å². The van der Waals surface area contributed by atoms with Gasteiger partial charge in [0.2, 0.25) is 0 Å². The van der Waals surface area contributed by atoms with Crippen LogP contribution in [0.15, 0.2) is 42.7 Å². The monoisotopic (exact) mass is 289 g/mol. The number of nitrogens with zero attached hydrogens (tertiary/aromatic N) is 1. The molecule has 0 saturated heterocycles. The molecule has 0 unspecified atom stereocenters. The molecule has 1 heterocycles. The molecule has 0 aliphatic rings. The van der Waals surface area contributed by atoms with Crippen molar-refractivity contribution in [3.63, 3.8) is 0 Å². The minimum atomic E-state index is -0.453. The van der Waals surface area contributed by atoms with Crippen molar-refractivity contribution in [2.75, 3.05) is 0 Å². The number of carbonyl (C=O) groups is 1. The quantitative estimate of drug-likeness (QED) is 0.842. The molecule has 1 aromatic heterocycles. The van der Waals surface area contributed by atoms with Crippen molar-refractivity contribution >= 4 is 23.1 Å². The Morgan fingerprint density at radius 3 is 2.55 bits per heavy atom. The Morgan fingerprint density at radius 1 is 1.25 bits per heavy atom. The smallest absolute Gasteiger partial charge is 0.251 e. The molecule has 4 nitrogen and oxygen atoms in total. The van der Waals surface area contributed by atoms with Gasteiger partial charge < -0.3 is 11.1 Å². The van der Waals surface area contributed by atoms with E-state index >= 15 is 0 Å². The van der Waals surface area contributed by atoms with Gasteiger partial charge in [0, 0.05) is 35.6 Å². The van der Waals surface area contributed by atoms with Gasteiger partial charge in [-0.15, -0.1) is 0 Å². The second kappa shape index (κ2) is 6.21. The van der Waals surface area contributed by atoms with E-state index in [1.54, 1.807) is 24.3 Å². The molecule has 3 N–H and O–H groups in total. The average Bonchev–Trinajstić information content (AvgIpc) is 2.46. The highest BCUT2D eigenvalue weighted by molar-refractivity contribution is 7.80. The Bertz CT molecular complexity index is 646. The molecule has 0 aliphatic carbocycles. The molecule has 0 fully saturated rings. The molecule has 0 radical (unpaired) electrons. The number of rotatable bonds is 4. The van der Waals surface area contributed by atoms with Gasteiger partial charge in [-0.05, 0) is 18.2 Å². The fourth-order valence-electron chi connectivity index (χ4n) is 1.62. The summed E-state index contributed by atoms with van der Waals surface area (Å²) in [6.07, 6.45) is 3.04. The SMILES string of the molecule is NC(=S)c1ccc(CNC(=O)c2ccncc2)c(F)c1. The first kappa shape index (κ1) is 14.1. The van der Waals surface area contributed by atoms with E-state index in [-0.39, 0.29) is 17.4 Å². The van der Waals surface area contributed by atoms with E-state index in [0.717, 1.165) is 0 Å². The van der Waals surface area contributed by atoms with Gasteiger partial charge in [-0.25, -0.2) is 4.39 Å². The molecule has 0 saturated carbocycles. The number of hydrogen-bond donors (Lipinski definition) is 2. The van der Waals surface area contributed by atoms with Gasteiger partial charge in [0.05, 0.1) is 0 Å². The maximum absolute atomic E-state index is 13.8. The molecule has 102 valence electrons. The van der Waals surface area contributed by atoms with Crippen LogP contribution in [0.25, 0.3) is 0 Å². The fraction of sp³-hybridized carbons (Fsp3) is 0.0714. The highest BCUT2D eigenvalue weighted by atomic mass is 32.1. The maximum Gasteiger partial charge on any atom is 0.251 e. The molecule has 0 bridgehead atoms. The summed E-state index contributed by atoms with van der Waals surface area (Å²) < 4.78 is 13.8. The van der Waals surface area contributed by atoms with Crippen LogP contribution < -0.4 is 11.1 Å². The molecular formula is C14H12FN3OS. The first-order valence-corrected chi connectivity index (χ1v) is 6.25. The van der Waals surface area contributed by atoms with Crippen LogP contribution in [0.3, 0.4) is 0 Å². The number of hydrogen-bond acceptors (Lipinski definition) is 3. The van der Waals surface area contributed by atoms with E-state index in [0.29, 0.717) is 16.7 Å². The van der Waals surface area contributed by atoms with Gasteiger partial charge in [0.25, 0.3) is 5.91 Å². The van der Waals surface area contributed by atoms with Crippen molar-refractivity contribution < 1.29 is 9.18 Å². The Labute approximate surface area is 120 Å². The van der Waals surface area contributed by atoms with Crippen LogP contribution in [0.2, 0.25) is 0 Å². The number of halogens is 1. The van der Waals surface area contributed by atoms with Crippen molar-refractivity contribution in [2.45, 2.75) is 6.54 Å². The average molecular weight is 289 g/mol. The lowest BCUT2D eigenvalue weighted by Gasteiger charge is -2.07. The highest BCUT2D eigenvalue weighted by Crippen LogP contribution is 2.10. The predicted molar refractivity (Wildman–Crippen MR) is 77.7 cm³/mol. The minimum absolute atomic E-state index is 0.0879. The number of aromatic nitrogens is 1. The largest absolute Gasteiger partial charge is 0.389 e. The van der Waals surface area contributed by atoms with E-state index in [1.807, 2.05) is 0 Å².